The van der Waals surface area contributed by atoms with Gasteiger partial charge in [-0.05, 0) is 12.8 Å². The molecular weight excluding hydrogens is 274 g/mol. The summed E-state index contributed by atoms with van der Waals surface area (Å²) < 4.78 is 10.7. The lowest BCUT2D eigenvalue weighted by molar-refractivity contribution is 0.252. The minimum absolute atomic E-state index is 0.557. The SMILES string of the molecule is COc1ccnc(CN(CCC(N)=S)C2CC2)c1OC. The molecule has 1 aromatic rings. The number of rotatable bonds is 8. The summed E-state index contributed by atoms with van der Waals surface area (Å²) >= 11 is 4.96. The van der Waals surface area contributed by atoms with E-state index in [0.717, 1.165) is 25.2 Å². The van der Waals surface area contributed by atoms with E-state index in [2.05, 4.69) is 9.88 Å². The first-order valence-corrected chi connectivity index (χ1v) is 7.14. The van der Waals surface area contributed by atoms with Crippen molar-refractivity contribution in [1.29, 1.82) is 0 Å². The Hall–Kier alpha value is -1.40. The Morgan fingerprint density at radius 1 is 1.45 bits per heavy atom. The molecule has 1 aliphatic rings. The Kier molecular flexibility index (Phi) is 5.14. The van der Waals surface area contributed by atoms with Gasteiger partial charge in [0.2, 0.25) is 0 Å². The lowest BCUT2D eigenvalue weighted by atomic mass is 10.2. The van der Waals surface area contributed by atoms with Gasteiger partial charge in [-0.1, -0.05) is 12.2 Å². The van der Waals surface area contributed by atoms with Gasteiger partial charge in [0.1, 0.15) is 5.69 Å². The van der Waals surface area contributed by atoms with Gasteiger partial charge in [-0.15, -0.1) is 0 Å². The Labute approximate surface area is 125 Å². The molecule has 0 atom stereocenters. The molecule has 0 aromatic carbocycles. The van der Waals surface area contributed by atoms with Crippen LogP contribution in [0.5, 0.6) is 11.5 Å². The zero-order valence-electron chi connectivity index (χ0n) is 12.0. The van der Waals surface area contributed by atoms with Crippen LogP contribution in [0.2, 0.25) is 0 Å². The molecule has 5 nitrogen and oxygen atoms in total. The first kappa shape index (κ1) is 15.0. The highest BCUT2D eigenvalue weighted by atomic mass is 32.1. The second-order valence-electron chi connectivity index (χ2n) is 4.91. The first-order valence-electron chi connectivity index (χ1n) is 6.74. The second-order valence-corrected chi connectivity index (χ2v) is 5.44. The van der Waals surface area contributed by atoms with E-state index in [-0.39, 0.29) is 0 Å². The van der Waals surface area contributed by atoms with Crippen LogP contribution in [0.25, 0.3) is 0 Å². The van der Waals surface area contributed by atoms with Crippen molar-refractivity contribution in [3.63, 3.8) is 0 Å². The fourth-order valence-corrected chi connectivity index (χ4v) is 2.33. The van der Waals surface area contributed by atoms with Gasteiger partial charge in [-0.25, -0.2) is 0 Å². The molecule has 1 fully saturated rings. The first-order chi connectivity index (χ1) is 9.65. The van der Waals surface area contributed by atoms with E-state index in [1.54, 1.807) is 26.5 Å². The highest BCUT2D eigenvalue weighted by Crippen LogP contribution is 2.33. The number of aromatic nitrogens is 1. The van der Waals surface area contributed by atoms with Crippen LogP contribution in [0.4, 0.5) is 0 Å². The zero-order chi connectivity index (χ0) is 14.5. The number of hydrogen-bond donors (Lipinski definition) is 1. The quantitative estimate of drug-likeness (QED) is 0.737. The monoisotopic (exact) mass is 295 g/mol. The number of thiocarbonyl (C=S) groups is 1. The molecule has 20 heavy (non-hydrogen) atoms. The average Bonchev–Trinajstić information content (AvgIpc) is 3.27. The Morgan fingerprint density at radius 3 is 2.75 bits per heavy atom. The average molecular weight is 295 g/mol. The summed E-state index contributed by atoms with van der Waals surface area (Å²) in [5.41, 5.74) is 6.49. The van der Waals surface area contributed by atoms with Crippen molar-refractivity contribution in [2.75, 3.05) is 20.8 Å². The molecule has 2 N–H and O–H groups in total. The Balaban J connectivity index is 2.11. The van der Waals surface area contributed by atoms with Gasteiger partial charge in [-0.2, -0.15) is 0 Å². The molecule has 110 valence electrons. The van der Waals surface area contributed by atoms with Crippen LogP contribution < -0.4 is 15.2 Å². The molecule has 1 aliphatic carbocycles. The van der Waals surface area contributed by atoms with Crippen molar-refractivity contribution < 1.29 is 9.47 Å². The predicted octanol–water partition coefficient (Wildman–Crippen LogP) is 1.74. The normalized spacial score (nSPS) is 14.3. The Morgan fingerprint density at radius 2 is 2.20 bits per heavy atom. The maximum atomic E-state index is 5.60. The summed E-state index contributed by atoms with van der Waals surface area (Å²) in [6.07, 6.45) is 4.93. The predicted molar refractivity (Wildman–Crippen MR) is 82.2 cm³/mol. The summed E-state index contributed by atoms with van der Waals surface area (Å²) in [5.74, 6) is 1.42. The third-order valence-electron chi connectivity index (χ3n) is 3.43. The van der Waals surface area contributed by atoms with E-state index in [9.17, 15) is 0 Å². The van der Waals surface area contributed by atoms with Crippen LogP contribution in [0, 0.1) is 0 Å². The zero-order valence-corrected chi connectivity index (χ0v) is 12.8. The summed E-state index contributed by atoms with van der Waals surface area (Å²) in [5, 5.41) is 0. The van der Waals surface area contributed by atoms with Gasteiger partial charge < -0.3 is 15.2 Å². The van der Waals surface area contributed by atoms with Crippen molar-refractivity contribution in [3.05, 3.63) is 18.0 Å². The van der Waals surface area contributed by atoms with Crippen molar-refractivity contribution >= 4 is 17.2 Å². The van der Waals surface area contributed by atoms with Crippen molar-refractivity contribution in [1.82, 2.24) is 9.88 Å². The molecule has 6 heteroatoms. The molecule has 1 aromatic heterocycles. The summed E-state index contributed by atoms with van der Waals surface area (Å²) in [4.78, 5) is 7.35. The number of nitrogens with zero attached hydrogens (tertiary/aromatic N) is 2. The largest absolute Gasteiger partial charge is 0.493 e. The van der Waals surface area contributed by atoms with E-state index in [1.165, 1.54) is 12.8 Å². The van der Waals surface area contributed by atoms with Crippen LogP contribution in [-0.2, 0) is 6.54 Å². The fourth-order valence-electron chi connectivity index (χ4n) is 2.24. The van der Waals surface area contributed by atoms with E-state index in [0.29, 0.717) is 22.5 Å². The molecule has 0 bridgehead atoms. The number of nitrogens with two attached hydrogens (primary N) is 1. The van der Waals surface area contributed by atoms with E-state index in [4.69, 9.17) is 27.4 Å². The summed E-state index contributed by atoms with van der Waals surface area (Å²) in [6.45, 7) is 1.59. The van der Waals surface area contributed by atoms with Gasteiger partial charge in [0.05, 0.1) is 19.2 Å². The van der Waals surface area contributed by atoms with Crippen molar-refractivity contribution in [3.8, 4) is 11.5 Å². The van der Waals surface area contributed by atoms with Crippen LogP contribution in [0.1, 0.15) is 25.0 Å². The summed E-state index contributed by atoms with van der Waals surface area (Å²) in [7, 11) is 3.27. The maximum absolute atomic E-state index is 5.60. The number of methoxy groups -OCH3 is 2. The third-order valence-corrected chi connectivity index (χ3v) is 3.63. The second kappa shape index (κ2) is 6.85. The molecule has 0 saturated heterocycles. The van der Waals surface area contributed by atoms with E-state index < -0.39 is 0 Å². The smallest absolute Gasteiger partial charge is 0.183 e. The molecule has 0 aliphatic heterocycles. The standard InChI is InChI=1S/C14H21N3O2S/c1-18-12-5-7-16-11(14(12)19-2)9-17(10-3-4-10)8-6-13(15)20/h5,7,10H,3-4,6,8-9H2,1-2H3,(H2,15,20). The van der Waals surface area contributed by atoms with Gasteiger partial charge >= 0.3 is 0 Å². The minimum Gasteiger partial charge on any atom is -0.493 e. The lowest BCUT2D eigenvalue weighted by Gasteiger charge is -2.22. The van der Waals surface area contributed by atoms with Crippen LogP contribution in [-0.4, -0.2) is 41.7 Å². The lowest BCUT2D eigenvalue weighted by Crippen LogP contribution is -2.29. The van der Waals surface area contributed by atoms with E-state index >= 15 is 0 Å². The topological polar surface area (TPSA) is 60.6 Å². The fraction of sp³-hybridized carbons (Fsp3) is 0.571. The number of pyridine rings is 1. The van der Waals surface area contributed by atoms with Gasteiger partial charge in [0.15, 0.2) is 11.5 Å². The molecule has 1 saturated carbocycles. The highest BCUT2D eigenvalue weighted by molar-refractivity contribution is 7.80. The molecule has 0 radical (unpaired) electrons. The van der Waals surface area contributed by atoms with Crippen LogP contribution in [0.15, 0.2) is 12.3 Å². The third kappa shape index (κ3) is 3.80. The van der Waals surface area contributed by atoms with Gasteiger partial charge in [0, 0.05) is 37.8 Å². The molecule has 2 rings (SSSR count). The highest BCUT2D eigenvalue weighted by Gasteiger charge is 2.30. The van der Waals surface area contributed by atoms with Crippen LogP contribution >= 0.6 is 12.2 Å². The minimum atomic E-state index is 0.557. The number of ether oxygens (including phenoxy) is 2. The molecule has 0 spiro atoms. The molecule has 0 amide bonds. The van der Waals surface area contributed by atoms with Gasteiger partial charge in [-0.3, -0.25) is 9.88 Å². The van der Waals surface area contributed by atoms with Crippen molar-refractivity contribution in [2.24, 2.45) is 5.73 Å². The molecular formula is C14H21N3O2S. The summed E-state index contributed by atoms with van der Waals surface area (Å²) in [6, 6.07) is 2.42. The molecule has 0 unspecified atom stereocenters. The Bertz CT molecular complexity index is 477. The maximum Gasteiger partial charge on any atom is 0.183 e. The van der Waals surface area contributed by atoms with Crippen LogP contribution in [0.3, 0.4) is 0 Å². The van der Waals surface area contributed by atoms with Gasteiger partial charge in [0.25, 0.3) is 0 Å². The number of hydrogen-bond acceptors (Lipinski definition) is 5. The van der Waals surface area contributed by atoms with E-state index in [1.807, 2.05) is 0 Å². The van der Waals surface area contributed by atoms with Crippen molar-refractivity contribution in [2.45, 2.75) is 31.8 Å². The molecule has 1 heterocycles.